The minimum absolute atomic E-state index is 0.257. The lowest BCUT2D eigenvalue weighted by molar-refractivity contribution is 0.0934. The Hall–Kier alpha value is -2.87. The van der Waals surface area contributed by atoms with Crippen molar-refractivity contribution < 1.29 is 13.2 Å². The van der Waals surface area contributed by atoms with E-state index in [0.717, 1.165) is 11.8 Å². The van der Waals surface area contributed by atoms with E-state index in [1.165, 1.54) is 6.20 Å². The molecule has 2 heterocycles. The number of sulfonamides is 1. The van der Waals surface area contributed by atoms with E-state index in [1.54, 1.807) is 28.8 Å². The number of imidazole rings is 1. The standard InChI is InChI=1S/C17H18N4O3S/c1-12(13-6-5-7-14(10-13)20-25(2,23)24)19-17(22)15-11-18-16-8-3-4-9-21(15)16/h3-12,20H,1-2H3,(H,19,22)/t12-/m0/s1. The summed E-state index contributed by atoms with van der Waals surface area (Å²) in [6.07, 6.45) is 4.40. The lowest BCUT2D eigenvalue weighted by Crippen LogP contribution is -2.27. The van der Waals surface area contributed by atoms with Crippen molar-refractivity contribution in [2.45, 2.75) is 13.0 Å². The number of pyridine rings is 1. The predicted octanol–water partition coefficient (Wildman–Crippen LogP) is 2.20. The summed E-state index contributed by atoms with van der Waals surface area (Å²) in [6, 6.07) is 12.1. The van der Waals surface area contributed by atoms with Gasteiger partial charge < -0.3 is 5.32 Å². The minimum Gasteiger partial charge on any atom is -0.344 e. The molecule has 0 spiro atoms. The van der Waals surface area contributed by atoms with Gasteiger partial charge in [-0.15, -0.1) is 0 Å². The van der Waals surface area contributed by atoms with Crippen molar-refractivity contribution in [3.8, 4) is 0 Å². The van der Waals surface area contributed by atoms with E-state index >= 15 is 0 Å². The maximum atomic E-state index is 12.5. The Labute approximate surface area is 145 Å². The van der Waals surface area contributed by atoms with Gasteiger partial charge in [-0.3, -0.25) is 13.9 Å². The van der Waals surface area contributed by atoms with Crippen molar-refractivity contribution in [3.63, 3.8) is 0 Å². The number of anilines is 1. The second kappa shape index (κ2) is 6.56. The van der Waals surface area contributed by atoms with Gasteiger partial charge in [0, 0.05) is 11.9 Å². The molecule has 3 aromatic rings. The van der Waals surface area contributed by atoms with E-state index in [-0.39, 0.29) is 11.9 Å². The smallest absolute Gasteiger partial charge is 0.270 e. The number of aromatic nitrogens is 2. The quantitative estimate of drug-likeness (QED) is 0.731. The molecule has 0 aliphatic heterocycles. The Morgan fingerprint density at radius 3 is 2.76 bits per heavy atom. The van der Waals surface area contributed by atoms with E-state index in [4.69, 9.17) is 0 Å². The van der Waals surface area contributed by atoms with Crippen LogP contribution in [-0.2, 0) is 10.0 Å². The number of benzene rings is 1. The number of fused-ring (bicyclic) bond motifs is 1. The van der Waals surface area contributed by atoms with Crippen LogP contribution in [0.2, 0.25) is 0 Å². The zero-order valence-electron chi connectivity index (χ0n) is 13.8. The molecule has 130 valence electrons. The molecule has 0 saturated carbocycles. The van der Waals surface area contributed by atoms with Gasteiger partial charge in [0.15, 0.2) is 0 Å². The second-order valence-corrected chi connectivity index (χ2v) is 7.52. The molecular weight excluding hydrogens is 340 g/mol. The molecule has 25 heavy (non-hydrogen) atoms. The molecule has 0 fully saturated rings. The van der Waals surface area contributed by atoms with Crippen LogP contribution in [0.25, 0.3) is 5.65 Å². The third-order valence-corrected chi connectivity index (χ3v) is 4.29. The van der Waals surface area contributed by atoms with E-state index < -0.39 is 10.0 Å². The maximum Gasteiger partial charge on any atom is 0.270 e. The van der Waals surface area contributed by atoms with Crippen LogP contribution in [-0.4, -0.2) is 30.0 Å². The molecule has 2 N–H and O–H groups in total. The maximum absolute atomic E-state index is 12.5. The summed E-state index contributed by atoms with van der Waals surface area (Å²) in [7, 11) is -3.35. The largest absolute Gasteiger partial charge is 0.344 e. The van der Waals surface area contributed by atoms with E-state index in [1.807, 2.05) is 31.2 Å². The first kappa shape index (κ1) is 17.0. The van der Waals surface area contributed by atoms with Crippen LogP contribution in [0, 0.1) is 0 Å². The first-order valence-corrected chi connectivity index (χ1v) is 9.53. The van der Waals surface area contributed by atoms with Crippen LogP contribution in [0.1, 0.15) is 29.0 Å². The van der Waals surface area contributed by atoms with Crippen molar-refractivity contribution in [2.24, 2.45) is 0 Å². The Bertz CT molecular complexity index is 1030. The van der Waals surface area contributed by atoms with Gasteiger partial charge in [-0.05, 0) is 36.8 Å². The van der Waals surface area contributed by atoms with E-state index in [2.05, 4.69) is 15.0 Å². The van der Waals surface area contributed by atoms with Gasteiger partial charge in [0.25, 0.3) is 5.91 Å². The van der Waals surface area contributed by atoms with Crippen molar-refractivity contribution in [1.29, 1.82) is 0 Å². The van der Waals surface area contributed by atoms with Gasteiger partial charge in [-0.2, -0.15) is 0 Å². The first-order valence-electron chi connectivity index (χ1n) is 7.64. The highest BCUT2D eigenvalue weighted by Crippen LogP contribution is 2.19. The number of carbonyl (C=O) groups is 1. The average molecular weight is 358 g/mol. The second-order valence-electron chi connectivity index (χ2n) is 5.77. The number of amides is 1. The predicted molar refractivity (Wildman–Crippen MR) is 96.0 cm³/mol. The summed E-state index contributed by atoms with van der Waals surface area (Å²) in [6.45, 7) is 1.83. The summed E-state index contributed by atoms with van der Waals surface area (Å²) < 4.78 is 26.8. The molecule has 0 aliphatic rings. The fourth-order valence-corrected chi connectivity index (χ4v) is 3.10. The molecule has 7 nitrogen and oxygen atoms in total. The Morgan fingerprint density at radius 1 is 1.20 bits per heavy atom. The monoisotopic (exact) mass is 358 g/mol. The Balaban J connectivity index is 1.79. The molecule has 1 atom stereocenters. The highest BCUT2D eigenvalue weighted by molar-refractivity contribution is 7.92. The number of nitrogens with one attached hydrogen (secondary N) is 2. The summed E-state index contributed by atoms with van der Waals surface area (Å²) >= 11 is 0. The molecule has 0 aliphatic carbocycles. The molecule has 0 radical (unpaired) electrons. The number of hydrogen-bond donors (Lipinski definition) is 2. The number of carbonyl (C=O) groups excluding carboxylic acids is 1. The summed E-state index contributed by atoms with van der Waals surface area (Å²) in [5.41, 5.74) is 2.37. The van der Waals surface area contributed by atoms with Gasteiger partial charge in [0.1, 0.15) is 11.3 Å². The number of hydrogen-bond acceptors (Lipinski definition) is 4. The zero-order valence-corrected chi connectivity index (χ0v) is 14.6. The van der Waals surface area contributed by atoms with Crippen LogP contribution in [0.15, 0.2) is 54.9 Å². The molecule has 1 amide bonds. The van der Waals surface area contributed by atoms with E-state index in [0.29, 0.717) is 17.0 Å². The van der Waals surface area contributed by atoms with Gasteiger partial charge in [-0.1, -0.05) is 18.2 Å². The van der Waals surface area contributed by atoms with Crippen LogP contribution < -0.4 is 10.0 Å². The van der Waals surface area contributed by atoms with Crippen molar-refractivity contribution in [3.05, 3.63) is 66.1 Å². The SMILES string of the molecule is C[C@H](NC(=O)c1cnc2ccccn12)c1cccc(NS(C)(=O)=O)c1. The van der Waals surface area contributed by atoms with Crippen molar-refractivity contribution >= 4 is 27.3 Å². The first-order chi connectivity index (χ1) is 11.8. The third-order valence-electron chi connectivity index (χ3n) is 3.69. The third kappa shape index (κ3) is 3.97. The summed E-state index contributed by atoms with van der Waals surface area (Å²) in [5, 5.41) is 2.90. The number of nitrogens with zero attached hydrogens (tertiary/aromatic N) is 2. The zero-order chi connectivity index (χ0) is 18.0. The molecule has 3 rings (SSSR count). The summed E-state index contributed by atoms with van der Waals surface area (Å²) in [4.78, 5) is 16.7. The van der Waals surface area contributed by atoms with Gasteiger partial charge in [0.2, 0.25) is 10.0 Å². The highest BCUT2D eigenvalue weighted by atomic mass is 32.2. The average Bonchev–Trinajstić information content (AvgIpc) is 2.97. The molecule has 0 bridgehead atoms. The van der Waals surface area contributed by atoms with Crippen LogP contribution in [0.4, 0.5) is 5.69 Å². The normalized spacial score (nSPS) is 12.7. The molecule has 0 unspecified atom stereocenters. The number of rotatable bonds is 5. The summed E-state index contributed by atoms with van der Waals surface area (Å²) in [5.74, 6) is -0.257. The van der Waals surface area contributed by atoms with Gasteiger partial charge >= 0.3 is 0 Å². The highest BCUT2D eigenvalue weighted by Gasteiger charge is 2.15. The van der Waals surface area contributed by atoms with Crippen LogP contribution in [0.5, 0.6) is 0 Å². The molecule has 8 heteroatoms. The fourth-order valence-electron chi connectivity index (χ4n) is 2.54. The fraction of sp³-hybridized carbons (Fsp3) is 0.176. The van der Waals surface area contributed by atoms with Crippen molar-refractivity contribution in [1.82, 2.24) is 14.7 Å². The molecule has 1 aromatic carbocycles. The van der Waals surface area contributed by atoms with Gasteiger partial charge in [-0.25, -0.2) is 13.4 Å². The molecule has 0 saturated heterocycles. The Morgan fingerprint density at radius 2 is 2.00 bits per heavy atom. The molecule has 2 aromatic heterocycles. The van der Waals surface area contributed by atoms with Crippen LogP contribution in [0.3, 0.4) is 0 Å². The van der Waals surface area contributed by atoms with Crippen LogP contribution >= 0.6 is 0 Å². The van der Waals surface area contributed by atoms with Gasteiger partial charge in [0.05, 0.1) is 18.5 Å². The molecular formula is C17H18N4O3S. The minimum atomic E-state index is -3.35. The topological polar surface area (TPSA) is 92.6 Å². The van der Waals surface area contributed by atoms with Crippen molar-refractivity contribution in [2.75, 3.05) is 11.0 Å². The lowest BCUT2D eigenvalue weighted by atomic mass is 10.1. The lowest BCUT2D eigenvalue weighted by Gasteiger charge is -2.15. The van der Waals surface area contributed by atoms with E-state index in [9.17, 15) is 13.2 Å². The Kier molecular flexibility index (Phi) is 4.45.